The molecule has 0 aromatic carbocycles. The van der Waals surface area contributed by atoms with Gasteiger partial charge in [-0.05, 0) is 30.0 Å². The third kappa shape index (κ3) is 2.68. The van der Waals surface area contributed by atoms with Gasteiger partial charge in [0.15, 0.2) is 0 Å². The summed E-state index contributed by atoms with van der Waals surface area (Å²) in [6.45, 7) is 2.58. The molecule has 2 aromatic rings. The highest BCUT2D eigenvalue weighted by molar-refractivity contribution is 7.10. The fraction of sp³-hybridized carbons (Fsp3) is 0.231. The van der Waals surface area contributed by atoms with Crippen molar-refractivity contribution in [1.82, 2.24) is 9.88 Å². The maximum Gasteiger partial charge on any atom is 0.270 e. The average Bonchev–Trinajstić information content (AvgIpc) is 2.74. The van der Waals surface area contributed by atoms with Crippen LogP contribution in [0.2, 0.25) is 0 Å². The van der Waals surface area contributed by atoms with Gasteiger partial charge in [0.05, 0.1) is 6.54 Å². The molecule has 1 N–H and O–H groups in total. The van der Waals surface area contributed by atoms with E-state index in [1.165, 1.54) is 11.6 Å². The molecule has 0 aliphatic heterocycles. The van der Waals surface area contributed by atoms with Crippen LogP contribution in [0.25, 0.3) is 0 Å². The lowest BCUT2D eigenvalue weighted by molar-refractivity contribution is 0.0780. The van der Waals surface area contributed by atoms with Gasteiger partial charge in [-0.15, -0.1) is 11.3 Å². The Morgan fingerprint density at radius 2 is 2.17 bits per heavy atom. The third-order valence-electron chi connectivity index (χ3n) is 2.69. The number of aromatic amines is 1. The summed E-state index contributed by atoms with van der Waals surface area (Å²) in [7, 11) is 1.73. The molecule has 0 unspecified atom stereocenters. The summed E-state index contributed by atoms with van der Waals surface area (Å²) >= 11 is 1.63. The van der Waals surface area contributed by atoms with Gasteiger partial charge >= 0.3 is 0 Å². The Labute approximate surface area is 109 Å². The zero-order chi connectivity index (χ0) is 13.1. The van der Waals surface area contributed by atoms with Crippen LogP contribution >= 0.6 is 11.3 Å². The molecule has 0 spiro atoms. The number of amides is 1. The Balaban J connectivity index is 2.14. The van der Waals surface area contributed by atoms with Gasteiger partial charge in [-0.25, -0.2) is 0 Å². The van der Waals surface area contributed by atoms with E-state index in [-0.39, 0.29) is 11.5 Å². The van der Waals surface area contributed by atoms with E-state index in [0.29, 0.717) is 12.2 Å². The van der Waals surface area contributed by atoms with Crippen LogP contribution in [0.1, 0.15) is 20.9 Å². The monoisotopic (exact) mass is 262 g/mol. The van der Waals surface area contributed by atoms with Crippen molar-refractivity contribution in [3.8, 4) is 0 Å². The standard InChI is InChI=1S/C13H14N2O2S/c1-9-6-7-18-11(9)8-15(2)13(17)10-4-3-5-12(16)14-10/h3-7H,8H2,1-2H3,(H,14,16). The van der Waals surface area contributed by atoms with Crippen molar-refractivity contribution in [2.75, 3.05) is 7.05 Å². The van der Waals surface area contributed by atoms with Crippen LogP contribution in [-0.2, 0) is 6.54 Å². The summed E-state index contributed by atoms with van der Waals surface area (Å²) in [5, 5.41) is 2.01. The normalized spacial score (nSPS) is 10.3. The number of nitrogens with zero attached hydrogens (tertiary/aromatic N) is 1. The molecule has 2 aromatic heterocycles. The van der Waals surface area contributed by atoms with Crippen molar-refractivity contribution in [2.24, 2.45) is 0 Å². The largest absolute Gasteiger partial charge is 0.335 e. The van der Waals surface area contributed by atoms with E-state index < -0.39 is 0 Å². The number of carbonyl (C=O) groups is 1. The van der Waals surface area contributed by atoms with Gasteiger partial charge < -0.3 is 9.88 Å². The van der Waals surface area contributed by atoms with Crippen LogP contribution in [0.5, 0.6) is 0 Å². The number of hydrogen-bond acceptors (Lipinski definition) is 3. The Kier molecular flexibility index (Phi) is 3.62. The lowest BCUT2D eigenvalue weighted by Gasteiger charge is -2.16. The molecule has 0 aliphatic rings. The first-order valence-electron chi connectivity index (χ1n) is 5.55. The summed E-state index contributed by atoms with van der Waals surface area (Å²) in [6, 6.07) is 6.61. The van der Waals surface area contributed by atoms with Crippen LogP contribution in [0.3, 0.4) is 0 Å². The molecular weight excluding hydrogens is 248 g/mol. The van der Waals surface area contributed by atoms with Gasteiger partial charge in [-0.3, -0.25) is 9.59 Å². The van der Waals surface area contributed by atoms with E-state index in [9.17, 15) is 9.59 Å². The van der Waals surface area contributed by atoms with Crippen molar-refractivity contribution in [1.29, 1.82) is 0 Å². The van der Waals surface area contributed by atoms with Crippen LogP contribution < -0.4 is 5.56 Å². The molecule has 2 heterocycles. The van der Waals surface area contributed by atoms with E-state index in [1.807, 2.05) is 18.4 Å². The second kappa shape index (κ2) is 5.18. The van der Waals surface area contributed by atoms with E-state index in [4.69, 9.17) is 0 Å². The molecule has 0 saturated heterocycles. The minimum absolute atomic E-state index is 0.180. The number of H-pyrrole nitrogens is 1. The predicted octanol–water partition coefficient (Wildman–Crippen LogP) is 2.02. The number of carbonyl (C=O) groups excluding carboxylic acids is 1. The van der Waals surface area contributed by atoms with E-state index in [1.54, 1.807) is 35.4 Å². The van der Waals surface area contributed by atoms with Crippen molar-refractivity contribution in [3.63, 3.8) is 0 Å². The first kappa shape index (κ1) is 12.6. The molecule has 94 valence electrons. The molecule has 5 heteroatoms. The molecular formula is C13H14N2O2S. The number of hydrogen-bond donors (Lipinski definition) is 1. The summed E-state index contributed by atoms with van der Waals surface area (Å²) in [5.41, 5.74) is 1.24. The molecule has 0 aliphatic carbocycles. The SMILES string of the molecule is Cc1ccsc1CN(C)C(=O)c1cccc(=O)[nH]1. The second-order valence-electron chi connectivity index (χ2n) is 4.12. The highest BCUT2D eigenvalue weighted by Gasteiger charge is 2.14. The van der Waals surface area contributed by atoms with Crippen LogP contribution in [0.4, 0.5) is 0 Å². The third-order valence-corrected chi connectivity index (χ3v) is 3.70. The first-order chi connectivity index (χ1) is 8.58. The molecule has 0 fully saturated rings. The van der Waals surface area contributed by atoms with Gasteiger partial charge in [0, 0.05) is 18.0 Å². The van der Waals surface area contributed by atoms with Crippen LogP contribution in [0, 0.1) is 6.92 Å². The van der Waals surface area contributed by atoms with Crippen molar-refractivity contribution >= 4 is 17.2 Å². The summed E-state index contributed by atoms with van der Waals surface area (Å²) in [5.74, 6) is -0.180. The molecule has 18 heavy (non-hydrogen) atoms. The van der Waals surface area contributed by atoms with E-state index >= 15 is 0 Å². The van der Waals surface area contributed by atoms with Crippen molar-refractivity contribution in [2.45, 2.75) is 13.5 Å². The van der Waals surface area contributed by atoms with Gasteiger partial charge in [0.25, 0.3) is 5.91 Å². The summed E-state index contributed by atoms with van der Waals surface area (Å²) in [6.07, 6.45) is 0. The highest BCUT2D eigenvalue weighted by Crippen LogP contribution is 2.17. The molecule has 0 radical (unpaired) electrons. The van der Waals surface area contributed by atoms with Gasteiger partial charge in [0.2, 0.25) is 5.56 Å². The fourth-order valence-electron chi connectivity index (χ4n) is 1.63. The van der Waals surface area contributed by atoms with Crippen molar-refractivity contribution in [3.05, 3.63) is 56.1 Å². The molecule has 4 nitrogen and oxygen atoms in total. The topological polar surface area (TPSA) is 53.2 Å². The molecule has 2 rings (SSSR count). The molecule has 0 atom stereocenters. The second-order valence-corrected chi connectivity index (χ2v) is 5.12. The van der Waals surface area contributed by atoms with E-state index in [2.05, 4.69) is 4.98 Å². The minimum atomic E-state index is -0.262. The minimum Gasteiger partial charge on any atom is -0.335 e. The first-order valence-corrected chi connectivity index (χ1v) is 6.43. The van der Waals surface area contributed by atoms with Crippen LogP contribution in [-0.4, -0.2) is 22.8 Å². The smallest absolute Gasteiger partial charge is 0.270 e. The molecule has 1 amide bonds. The Hall–Kier alpha value is -1.88. The summed E-state index contributed by atoms with van der Waals surface area (Å²) in [4.78, 5) is 28.6. The quantitative estimate of drug-likeness (QED) is 0.920. The lowest BCUT2D eigenvalue weighted by Crippen LogP contribution is -2.28. The molecule has 0 saturated carbocycles. The Morgan fingerprint density at radius 1 is 1.39 bits per heavy atom. The molecule has 0 bridgehead atoms. The number of thiophene rings is 1. The number of aryl methyl sites for hydroxylation is 1. The maximum absolute atomic E-state index is 12.1. The summed E-state index contributed by atoms with van der Waals surface area (Å²) < 4.78 is 0. The van der Waals surface area contributed by atoms with Gasteiger partial charge in [-0.1, -0.05) is 6.07 Å². The predicted molar refractivity (Wildman–Crippen MR) is 71.9 cm³/mol. The number of aromatic nitrogens is 1. The zero-order valence-electron chi connectivity index (χ0n) is 10.3. The lowest BCUT2D eigenvalue weighted by atomic mass is 10.2. The van der Waals surface area contributed by atoms with Gasteiger partial charge in [-0.2, -0.15) is 0 Å². The van der Waals surface area contributed by atoms with Crippen LogP contribution in [0.15, 0.2) is 34.4 Å². The highest BCUT2D eigenvalue weighted by atomic mass is 32.1. The van der Waals surface area contributed by atoms with E-state index in [0.717, 1.165) is 4.88 Å². The van der Waals surface area contributed by atoms with Crippen molar-refractivity contribution < 1.29 is 4.79 Å². The zero-order valence-corrected chi connectivity index (χ0v) is 11.1. The maximum atomic E-state index is 12.1. The number of rotatable bonds is 3. The number of pyridine rings is 1. The number of nitrogens with one attached hydrogen (secondary N) is 1. The average molecular weight is 262 g/mol. The van der Waals surface area contributed by atoms with Gasteiger partial charge in [0.1, 0.15) is 5.69 Å². The fourth-order valence-corrected chi connectivity index (χ4v) is 2.59. The Morgan fingerprint density at radius 3 is 2.78 bits per heavy atom. The Bertz CT molecular complexity index is 615.